The van der Waals surface area contributed by atoms with Crippen molar-refractivity contribution in [3.8, 4) is 0 Å². The zero-order valence-electron chi connectivity index (χ0n) is 13.9. The van der Waals surface area contributed by atoms with Crippen molar-refractivity contribution in [3.63, 3.8) is 0 Å². The molecule has 0 unspecified atom stereocenters. The van der Waals surface area contributed by atoms with Crippen LogP contribution in [0.25, 0.3) is 0 Å². The maximum atomic E-state index is 12.7. The average molecular weight is 318 g/mol. The van der Waals surface area contributed by atoms with E-state index in [-0.39, 0.29) is 12.4 Å². The molecule has 0 aliphatic carbocycles. The molecule has 124 valence electrons. The van der Waals surface area contributed by atoms with Gasteiger partial charge in [0, 0.05) is 17.4 Å². The Morgan fingerprint density at radius 2 is 1.87 bits per heavy atom. The van der Waals surface area contributed by atoms with E-state index in [1.165, 1.54) is 0 Å². The molecule has 5 nitrogen and oxygen atoms in total. The Kier molecular flexibility index (Phi) is 4.88. The summed E-state index contributed by atoms with van der Waals surface area (Å²) in [6.07, 6.45) is 0. The summed E-state index contributed by atoms with van der Waals surface area (Å²) < 4.78 is 10.4. The number of rotatable bonds is 5. The highest BCUT2D eigenvalue weighted by atomic mass is 16.6. The molecule has 5 heteroatoms. The Hall–Kier alpha value is -2.17. The highest BCUT2D eigenvalue weighted by Gasteiger charge is 2.57. The van der Waals surface area contributed by atoms with Gasteiger partial charge in [0.2, 0.25) is 0 Å². The Labute approximate surface area is 136 Å². The summed E-state index contributed by atoms with van der Waals surface area (Å²) in [6, 6.07) is 8.84. The van der Waals surface area contributed by atoms with Gasteiger partial charge in [-0.25, -0.2) is 0 Å². The van der Waals surface area contributed by atoms with Crippen LogP contribution in [0, 0.1) is 17.8 Å². The molecule has 0 spiro atoms. The quantitative estimate of drug-likeness (QED) is 0.474. The molecule has 0 aromatic heterocycles. The molecule has 2 rings (SSSR count). The van der Waals surface area contributed by atoms with E-state index in [1.807, 2.05) is 6.07 Å². The molecule has 0 amide bonds. The minimum Gasteiger partial charge on any atom is -0.465 e. The lowest BCUT2D eigenvalue weighted by molar-refractivity contribution is -0.157. The van der Waals surface area contributed by atoms with Crippen molar-refractivity contribution < 1.29 is 23.9 Å². The van der Waals surface area contributed by atoms with Gasteiger partial charge in [0.05, 0.1) is 6.61 Å². The fourth-order valence-corrected chi connectivity index (χ4v) is 3.33. The summed E-state index contributed by atoms with van der Waals surface area (Å²) in [5.74, 6) is -3.54. The Balaban J connectivity index is 2.34. The minimum absolute atomic E-state index is 0.115. The van der Waals surface area contributed by atoms with E-state index < -0.39 is 35.3 Å². The molecular weight excluding hydrogens is 296 g/mol. The highest BCUT2D eigenvalue weighted by molar-refractivity contribution is 6.01. The van der Waals surface area contributed by atoms with E-state index >= 15 is 0 Å². The van der Waals surface area contributed by atoms with Crippen LogP contribution in [-0.2, 0) is 19.1 Å². The van der Waals surface area contributed by atoms with Gasteiger partial charge >= 0.3 is 11.9 Å². The van der Waals surface area contributed by atoms with Gasteiger partial charge in [-0.1, -0.05) is 37.3 Å². The lowest BCUT2D eigenvalue weighted by atomic mass is 9.72. The topological polar surface area (TPSA) is 69.7 Å². The third-order valence-electron chi connectivity index (χ3n) is 4.33. The SMILES string of the molecule is CCOC(=O)[C@@H]1C(=O)OC(C)(C)[C@@H]1[C@H](C)C(=O)c1ccccc1. The number of hydrogen-bond acceptors (Lipinski definition) is 5. The number of cyclic esters (lactones) is 1. The molecular formula is C18H22O5. The number of benzene rings is 1. The first-order valence-electron chi connectivity index (χ1n) is 7.78. The molecule has 1 aliphatic rings. The number of carbonyl (C=O) groups excluding carboxylic acids is 3. The molecule has 1 heterocycles. The van der Waals surface area contributed by atoms with Gasteiger partial charge in [-0.2, -0.15) is 0 Å². The molecule has 1 aliphatic heterocycles. The fourth-order valence-electron chi connectivity index (χ4n) is 3.33. The summed E-state index contributed by atoms with van der Waals surface area (Å²) in [5.41, 5.74) is -0.351. The Morgan fingerprint density at radius 3 is 2.43 bits per heavy atom. The number of Topliss-reactive ketones (excluding diaryl/α,β-unsaturated/α-hetero) is 1. The van der Waals surface area contributed by atoms with Crippen LogP contribution in [0.2, 0.25) is 0 Å². The second-order valence-corrected chi connectivity index (χ2v) is 6.30. The van der Waals surface area contributed by atoms with Crippen LogP contribution in [0.5, 0.6) is 0 Å². The van der Waals surface area contributed by atoms with Crippen molar-refractivity contribution in [2.75, 3.05) is 6.61 Å². The van der Waals surface area contributed by atoms with Gasteiger partial charge in [0.25, 0.3) is 0 Å². The third-order valence-corrected chi connectivity index (χ3v) is 4.33. The van der Waals surface area contributed by atoms with E-state index in [9.17, 15) is 14.4 Å². The zero-order chi connectivity index (χ0) is 17.2. The van der Waals surface area contributed by atoms with Crippen molar-refractivity contribution in [2.45, 2.75) is 33.3 Å². The largest absolute Gasteiger partial charge is 0.465 e. The lowest BCUT2D eigenvalue weighted by Gasteiger charge is -2.30. The number of carbonyl (C=O) groups is 3. The molecule has 23 heavy (non-hydrogen) atoms. The molecule has 3 atom stereocenters. The first-order chi connectivity index (χ1) is 10.8. The zero-order valence-corrected chi connectivity index (χ0v) is 13.9. The van der Waals surface area contributed by atoms with Crippen molar-refractivity contribution in [1.29, 1.82) is 0 Å². The monoisotopic (exact) mass is 318 g/mol. The Morgan fingerprint density at radius 1 is 1.26 bits per heavy atom. The summed E-state index contributed by atoms with van der Waals surface area (Å²) in [7, 11) is 0. The number of esters is 2. The van der Waals surface area contributed by atoms with Crippen LogP contribution in [0.1, 0.15) is 38.1 Å². The van der Waals surface area contributed by atoms with E-state index in [2.05, 4.69) is 0 Å². The summed E-state index contributed by atoms with van der Waals surface area (Å²) in [5, 5.41) is 0. The Bertz CT molecular complexity index is 605. The van der Waals surface area contributed by atoms with Crippen LogP contribution in [0.15, 0.2) is 30.3 Å². The second-order valence-electron chi connectivity index (χ2n) is 6.30. The van der Waals surface area contributed by atoms with Crippen LogP contribution in [-0.4, -0.2) is 29.9 Å². The van der Waals surface area contributed by atoms with Crippen molar-refractivity contribution in [1.82, 2.24) is 0 Å². The van der Waals surface area contributed by atoms with Crippen LogP contribution in [0.3, 0.4) is 0 Å². The molecule has 0 bridgehead atoms. The smallest absolute Gasteiger partial charge is 0.321 e. The predicted molar refractivity (Wildman–Crippen MR) is 83.7 cm³/mol. The number of ketones is 1. The van der Waals surface area contributed by atoms with Crippen LogP contribution in [0.4, 0.5) is 0 Å². The van der Waals surface area contributed by atoms with Crippen LogP contribution >= 0.6 is 0 Å². The van der Waals surface area contributed by atoms with Crippen molar-refractivity contribution in [2.24, 2.45) is 17.8 Å². The predicted octanol–water partition coefficient (Wildman–Crippen LogP) is 2.64. The van der Waals surface area contributed by atoms with E-state index in [0.29, 0.717) is 5.56 Å². The van der Waals surface area contributed by atoms with Crippen molar-refractivity contribution >= 4 is 17.7 Å². The first-order valence-corrected chi connectivity index (χ1v) is 7.78. The summed E-state index contributed by atoms with van der Waals surface area (Å²) in [4.78, 5) is 37.1. The third kappa shape index (κ3) is 3.28. The van der Waals surface area contributed by atoms with E-state index in [0.717, 1.165) is 0 Å². The lowest BCUT2D eigenvalue weighted by Crippen LogP contribution is -2.41. The molecule has 1 fully saturated rings. The minimum atomic E-state index is -1.06. The fraction of sp³-hybridized carbons (Fsp3) is 0.500. The molecule has 1 aromatic carbocycles. The standard InChI is InChI=1S/C18H22O5/c1-5-22-16(20)13-14(18(3,4)23-17(13)21)11(2)15(19)12-9-7-6-8-10-12/h6-11,13-14H,5H2,1-4H3/t11-,13+,14+/m0/s1. The van der Waals surface area contributed by atoms with Crippen molar-refractivity contribution in [3.05, 3.63) is 35.9 Å². The summed E-state index contributed by atoms with van der Waals surface area (Å²) in [6.45, 7) is 7.04. The van der Waals surface area contributed by atoms with Gasteiger partial charge in [-0.15, -0.1) is 0 Å². The maximum absolute atomic E-state index is 12.7. The maximum Gasteiger partial charge on any atom is 0.321 e. The van der Waals surface area contributed by atoms with E-state index in [4.69, 9.17) is 9.47 Å². The van der Waals surface area contributed by atoms with Gasteiger partial charge in [-0.3, -0.25) is 14.4 Å². The van der Waals surface area contributed by atoms with Gasteiger partial charge in [-0.05, 0) is 20.8 Å². The highest BCUT2D eigenvalue weighted by Crippen LogP contribution is 2.43. The molecule has 0 saturated carbocycles. The van der Waals surface area contributed by atoms with Crippen LogP contribution < -0.4 is 0 Å². The normalized spacial score (nSPS) is 23.9. The average Bonchev–Trinajstić information content (AvgIpc) is 2.75. The molecule has 1 aromatic rings. The van der Waals surface area contributed by atoms with E-state index in [1.54, 1.807) is 52.0 Å². The number of hydrogen-bond donors (Lipinski definition) is 0. The second kappa shape index (κ2) is 6.52. The summed E-state index contributed by atoms with van der Waals surface area (Å²) >= 11 is 0. The molecule has 1 saturated heterocycles. The first kappa shape index (κ1) is 17.2. The number of ether oxygens (including phenoxy) is 2. The van der Waals surface area contributed by atoms with Gasteiger partial charge in [0.1, 0.15) is 5.60 Å². The molecule has 0 radical (unpaired) electrons. The molecule has 0 N–H and O–H groups in total. The van der Waals surface area contributed by atoms with Gasteiger partial charge in [0.15, 0.2) is 11.7 Å². The van der Waals surface area contributed by atoms with Gasteiger partial charge < -0.3 is 9.47 Å².